The van der Waals surface area contributed by atoms with E-state index in [-0.39, 0.29) is 0 Å². The van der Waals surface area contributed by atoms with Crippen molar-refractivity contribution in [1.29, 1.82) is 0 Å². The van der Waals surface area contributed by atoms with Crippen LogP contribution in [0.25, 0.3) is 10.9 Å². The van der Waals surface area contributed by atoms with Gasteiger partial charge in [0.25, 0.3) is 0 Å². The number of allylic oxidation sites excluding steroid dienone is 1. The van der Waals surface area contributed by atoms with Crippen LogP contribution in [0.4, 0.5) is 0 Å². The van der Waals surface area contributed by atoms with Gasteiger partial charge in [0.15, 0.2) is 0 Å². The van der Waals surface area contributed by atoms with Crippen molar-refractivity contribution in [2.75, 3.05) is 13.1 Å². The van der Waals surface area contributed by atoms with Gasteiger partial charge in [-0.15, -0.1) is 13.2 Å². The molecule has 0 fully saturated rings. The highest BCUT2D eigenvalue weighted by Gasteiger charge is 2.08. The maximum Gasteiger partial charge on any atom is 0.209 e. The minimum Gasteiger partial charge on any atom is -0.343 e. The zero-order valence-corrected chi connectivity index (χ0v) is 11.7. The van der Waals surface area contributed by atoms with E-state index in [1.807, 2.05) is 18.2 Å². The van der Waals surface area contributed by atoms with E-state index in [9.17, 15) is 4.79 Å². The molecule has 0 unspecified atom stereocenters. The second-order valence-electron chi connectivity index (χ2n) is 4.75. The predicted molar refractivity (Wildman–Crippen MR) is 83.7 cm³/mol. The Bertz CT molecular complexity index is 612. The first-order valence-electron chi connectivity index (χ1n) is 6.78. The van der Waals surface area contributed by atoms with Gasteiger partial charge < -0.3 is 9.47 Å². The van der Waals surface area contributed by atoms with Crippen LogP contribution in [-0.2, 0) is 17.8 Å². The Hall–Kier alpha value is -2.29. The average molecular weight is 268 g/mol. The standard InChI is InChI=1S/C17H20N2O/c1-3-10-18(14-20)12-9-15-13-19(11-4-2)17-8-6-5-7-16(15)17/h3-8,13-14H,1-2,9-12H2. The summed E-state index contributed by atoms with van der Waals surface area (Å²) in [7, 11) is 0. The molecule has 1 aromatic heterocycles. The molecule has 2 aromatic rings. The Morgan fingerprint density at radius 2 is 2.00 bits per heavy atom. The van der Waals surface area contributed by atoms with Crippen LogP contribution in [0.3, 0.4) is 0 Å². The summed E-state index contributed by atoms with van der Waals surface area (Å²) in [5.41, 5.74) is 2.47. The lowest BCUT2D eigenvalue weighted by molar-refractivity contribution is -0.117. The van der Waals surface area contributed by atoms with Gasteiger partial charge in [0, 0.05) is 36.7 Å². The summed E-state index contributed by atoms with van der Waals surface area (Å²) in [6.45, 7) is 9.56. The molecule has 1 amide bonds. The normalized spacial score (nSPS) is 10.4. The SMILES string of the molecule is C=CCN(C=O)CCc1cn(CC=C)c2ccccc12. The maximum absolute atomic E-state index is 10.9. The highest BCUT2D eigenvalue weighted by atomic mass is 16.1. The zero-order chi connectivity index (χ0) is 14.4. The highest BCUT2D eigenvalue weighted by molar-refractivity contribution is 5.84. The number of para-hydroxylation sites is 1. The molecule has 0 aliphatic rings. The van der Waals surface area contributed by atoms with Crippen LogP contribution in [0, 0.1) is 0 Å². The van der Waals surface area contributed by atoms with Gasteiger partial charge in [-0.05, 0) is 18.1 Å². The van der Waals surface area contributed by atoms with Crippen molar-refractivity contribution >= 4 is 17.3 Å². The molecule has 3 heteroatoms. The predicted octanol–water partition coefficient (Wildman–Crippen LogP) is 3.01. The van der Waals surface area contributed by atoms with Crippen LogP contribution in [0.15, 0.2) is 55.8 Å². The van der Waals surface area contributed by atoms with Crippen LogP contribution in [0.1, 0.15) is 5.56 Å². The fourth-order valence-corrected chi connectivity index (χ4v) is 2.43. The van der Waals surface area contributed by atoms with Crippen molar-refractivity contribution < 1.29 is 4.79 Å². The molecule has 20 heavy (non-hydrogen) atoms. The number of carbonyl (C=O) groups excluding carboxylic acids is 1. The largest absolute Gasteiger partial charge is 0.343 e. The Labute approximate surface area is 119 Å². The van der Waals surface area contributed by atoms with E-state index in [4.69, 9.17) is 0 Å². The molecule has 0 saturated heterocycles. The van der Waals surface area contributed by atoms with E-state index in [1.165, 1.54) is 16.5 Å². The molecule has 0 radical (unpaired) electrons. The van der Waals surface area contributed by atoms with Crippen molar-refractivity contribution in [2.24, 2.45) is 0 Å². The molecule has 0 bridgehead atoms. The lowest BCUT2D eigenvalue weighted by Crippen LogP contribution is -2.24. The first-order chi connectivity index (χ1) is 9.80. The summed E-state index contributed by atoms with van der Waals surface area (Å²) < 4.78 is 2.19. The van der Waals surface area contributed by atoms with Crippen molar-refractivity contribution in [3.8, 4) is 0 Å². The Kier molecular flexibility index (Phi) is 4.77. The molecule has 104 valence electrons. The van der Waals surface area contributed by atoms with E-state index in [0.29, 0.717) is 13.1 Å². The Morgan fingerprint density at radius 1 is 1.20 bits per heavy atom. The number of nitrogens with zero attached hydrogens (tertiary/aromatic N) is 2. The van der Waals surface area contributed by atoms with Gasteiger partial charge in [0.05, 0.1) is 0 Å². The third kappa shape index (κ3) is 2.99. The van der Waals surface area contributed by atoms with Crippen molar-refractivity contribution in [3.63, 3.8) is 0 Å². The lowest BCUT2D eigenvalue weighted by atomic mass is 10.1. The number of rotatable bonds is 8. The highest BCUT2D eigenvalue weighted by Crippen LogP contribution is 2.22. The van der Waals surface area contributed by atoms with Crippen LogP contribution in [-0.4, -0.2) is 29.0 Å². The van der Waals surface area contributed by atoms with Gasteiger partial charge in [0.1, 0.15) is 0 Å². The van der Waals surface area contributed by atoms with Crippen molar-refractivity contribution in [3.05, 3.63) is 61.3 Å². The molecule has 3 nitrogen and oxygen atoms in total. The summed E-state index contributed by atoms with van der Waals surface area (Å²) >= 11 is 0. The fraction of sp³-hybridized carbons (Fsp3) is 0.235. The van der Waals surface area contributed by atoms with Gasteiger partial charge in [-0.1, -0.05) is 30.4 Å². The molecule has 0 N–H and O–H groups in total. The van der Waals surface area contributed by atoms with Gasteiger partial charge in [0.2, 0.25) is 6.41 Å². The molecular weight excluding hydrogens is 248 g/mol. The quantitative estimate of drug-likeness (QED) is 0.533. The van der Waals surface area contributed by atoms with E-state index in [1.54, 1.807) is 11.0 Å². The number of fused-ring (bicyclic) bond motifs is 1. The molecule has 2 rings (SSSR count). The first-order valence-corrected chi connectivity index (χ1v) is 6.78. The molecule has 0 saturated carbocycles. The minimum absolute atomic E-state index is 0.592. The van der Waals surface area contributed by atoms with Gasteiger partial charge in [-0.2, -0.15) is 0 Å². The third-order valence-corrected chi connectivity index (χ3v) is 3.38. The fourth-order valence-electron chi connectivity index (χ4n) is 2.43. The minimum atomic E-state index is 0.592. The summed E-state index contributed by atoms with van der Waals surface area (Å²) in [6, 6.07) is 8.33. The number of carbonyl (C=O) groups is 1. The van der Waals surface area contributed by atoms with Crippen LogP contribution < -0.4 is 0 Å². The van der Waals surface area contributed by atoms with Crippen LogP contribution in [0.2, 0.25) is 0 Å². The van der Waals surface area contributed by atoms with Crippen molar-refractivity contribution in [2.45, 2.75) is 13.0 Å². The van der Waals surface area contributed by atoms with E-state index < -0.39 is 0 Å². The Balaban J connectivity index is 2.23. The van der Waals surface area contributed by atoms with Crippen molar-refractivity contribution in [1.82, 2.24) is 9.47 Å². The monoisotopic (exact) mass is 268 g/mol. The molecule has 0 atom stereocenters. The second-order valence-corrected chi connectivity index (χ2v) is 4.75. The summed E-state index contributed by atoms with van der Waals surface area (Å²) in [5.74, 6) is 0. The maximum atomic E-state index is 10.9. The number of hydrogen-bond donors (Lipinski definition) is 0. The van der Waals surface area contributed by atoms with Crippen LogP contribution >= 0.6 is 0 Å². The van der Waals surface area contributed by atoms with E-state index >= 15 is 0 Å². The first kappa shape index (κ1) is 14.1. The van der Waals surface area contributed by atoms with E-state index in [0.717, 1.165) is 19.4 Å². The Morgan fingerprint density at radius 3 is 2.70 bits per heavy atom. The topological polar surface area (TPSA) is 25.2 Å². The number of amides is 1. The summed E-state index contributed by atoms with van der Waals surface area (Å²) in [5, 5.41) is 1.25. The van der Waals surface area contributed by atoms with E-state index in [2.05, 4.69) is 36.1 Å². The number of aromatic nitrogens is 1. The van der Waals surface area contributed by atoms with Crippen LogP contribution in [0.5, 0.6) is 0 Å². The molecular formula is C17H20N2O. The second kappa shape index (κ2) is 6.75. The van der Waals surface area contributed by atoms with Gasteiger partial charge in [-0.3, -0.25) is 4.79 Å². The third-order valence-electron chi connectivity index (χ3n) is 3.38. The molecule has 1 aromatic carbocycles. The number of benzene rings is 1. The molecule has 0 spiro atoms. The van der Waals surface area contributed by atoms with Gasteiger partial charge >= 0.3 is 0 Å². The zero-order valence-electron chi connectivity index (χ0n) is 11.7. The lowest BCUT2D eigenvalue weighted by Gasteiger charge is -2.14. The molecule has 0 aliphatic carbocycles. The smallest absolute Gasteiger partial charge is 0.209 e. The molecule has 1 heterocycles. The average Bonchev–Trinajstić information content (AvgIpc) is 2.82. The summed E-state index contributed by atoms with van der Waals surface area (Å²) in [4.78, 5) is 12.7. The summed E-state index contributed by atoms with van der Waals surface area (Å²) in [6.07, 6.45) is 7.52. The number of hydrogen-bond acceptors (Lipinski definition) is 1. The van der Waals surface area contributed by atoms with Gasteiger partial charge in [-0.25, -0.2) is 0 Å². The molecule has 0 aliphatic heterocycles.